The van der Waals surface area contributed by atoms with Crippen molar-refractivity contribution in [2.45, 2.75) is 6.92 Å². The third-order valence-corrected chi connectivity index (χ3v) is 2.61. The van der Waals surface area contributed by atoms with Crippen molar-refractivity contribution in [3.8, 4) is 0 Å². The van der Waals surface area contributed by atoms with Crippen LogP contribution in [0.2, 0.25) is 0 Å². The quantitative estimate of drug-likeness (QED) is 0.626. The number of hydrogen-bond donors (Lipinski definition) is 2. The molecule has 88 valence electrons. The minimum Gasteiger partial charge on any atom is -0.329 e. The summed E-state index contributed by atoms with van der Waals surface area (Å²) in [5.41, 5.74) is 4.88. The zero-order chi connectivity index (χ0) is 12.3. The fraction of sp³-hybridized carbons (Fsp3) is 0.154. The van der Waals surface area contributed by atoms with E-state index in [1.165, 1.54) is 5.56 Å². The molecule has 1 heterocycles. The summed E-state index contributed by atoms with van der Waals surface area (Å²) < 4.78 is 0. The average molecular weight is 228 g/mol. The van der Waals surface area contributed by atoms with E-state index in [1.54, 1.807) is 0 Å². The first-order chi connectivity index (χ1) is 8.20. The van der Waals surface area contributed by atoms with Gasteiger partial charge in [-0.15, -0.1) is 0 Å². The van der Waals surface area contributed by atoms with Crippen LogP contribution in [0.15, 0.2) is 42.5 Å². The molecule has 0 radical (unpaired) electrons. The molecule has 0 atom stereocenters. The van der Waals surface area contributed by atoms with Gasteiger partial charge < -0.3 is 10.3 Å². The number of nitrogens with one attached hydrogen (secondary N) is 1. The standard InChI is InChI=1S/C13H16N4/c1-10-5-3-6-11(9-10)17(2)13-8-4-7-12(15-13)16-14/h3-9H,14H2,1-2H3,(H,15,16). The van der Waals surface area contributed by atoms with E-state index in [-0.39, 0.29) is 0 Å². The maximum atomic E-state index is 5.35. The number of benzene rings is 1. The lowest BCUT2D eigenvalue weighted by Gasteiger charge is -2.19. The van der Waals surface area contributed by atoms with Crippen LogP contribution in [-0.2, 0) is 0 Å². The predicted molar refractivity (Wildman–Crippen MR) is 71.3 cm³/mol. The number of hydrogen-bond acceptors (Lipinski definition) is 4. The first kappa shape index (κ1) is 11.4. The molecule has 3 N–H and O–H groups in total. The number of nitrogens with zero attached hydrogens (tertiary/aromatic N) is 2. The van der Waals surface area contributed by atoms with Crippen molar-refractivity contribution in [1.82, 2.24) is 4.98 Å². The summed E-state index contributed by atoms with van der Waals surface area (Å²) >= 11 is 0. The molecule has 0 aliphatic heterocycles. The molecule has 2 aromatic rings. The Hall–Kier alpha value is -2.07. The summed E-state index contributed by atoms with van der Waals surface area (Å²) in [4.78, 5) is 6.41. The number of aryl methyl sites for hydroxylation is 1. The lowest BCUT2D eigenvalue weighted by Crippen LogP contribution is -2.14. The van der Waals surface area contributed by atoms with E-state index in [9.17, 15) is 0 Å². The summed E-state index contributed by atoms with van der Waals surface area (Å²) in [6.07, 6.45) is 0. The number of pyridine rings is 1. The highest BCUT2D eigenvalue weighted by Crippen LogP contribution is 2.23. The van der Waals surface area contributed by atoms with E-state index in [2.05, 4.69) is 35.5 Å². The Bertz CT molecular complexity index is 510. The minimum absolute atomic E-state index is 0.655. The van der Waals surface area contributed by atoms with E-state index >= 15 is 0 Å². The fourth-order valence-corrected chi connectivity index (χ4v) is 1.66. The molecule has 0 unspecified atom stereocenters. The molecule has 0 amide bonds. The first-order valence-electron chi connectivity index (χ1n) is 5.45. The second kappa shape index (κ2) is 4.84. The highest BCUT2D eigenvalue weighted by atomic mass is 15.3. The molecule has 0 saturated heterocycles. The predicted octanol–water partition coefficient (Wildman–Crippen LogP) is 2.44. The van der Waals surface area contributed by atoms with Crippen LogP contribution in [0.5, 0.6) is 0 Å². The van der Waals surface area contributed by atoms with Crippen molar-refractivity contribution in [2.75, 3.05) is 17.4 Å². The van der Waals surface area contributed by atoms with E-state index in [0.29, 0.717) is 5.82 Å². The molecule has 0 spiro atoms. The van der Waals surface area contributed by atoms with Gasteiger partial charge in [-0.3, -0.25) is 0 Å². The molecule has 0 fully saturated rings. The second-order valence-corrected chi connectivity index (χ2v) is 3.92. The average Bonchev–Trinajstić information content (AvgIpc) is 2.38. The third-order valence-electron chi connectivity index (χ3n) is 2.61. The highest BCUT2D eigenvalue weighted by molar-refractivity contribution is 5.61. The topological polar surface area (TPSA) is 54.2 Å². The Morgan fingerprint density at radius 3 is 2.65 bits per heavy atom. The minimum atomic E-state index is 0.655. The molecular weight excluding hydrogens is 212 g/mol. The Morgan fingerprint density at radius 2 is 1.94 bits per heavy atom. The van der Waals surface area contributed by atoms with Gasteiger partial charge in [0.2, 0.25) is 0 Å². The van der Waals surface area contributed by atoms with Crippen molar-refractivity contribution in [3.63, 3.8) is 0 Å². The van der Waals surface area contributed by atoms with Crippen molar-refractivity contribution in [2.24, 2.45) is 5.84 Å². The lowest BCUT2D eigenvalue weighted by atomic mass is 10.2. The van der Waals surface area contributed by atoms with Gasteiger partial charge in [-0.25, -0.2) is 10.8 Å². The second-order valence-electron chi connectivity index (χ2n) is 3.92. The van der Waals surface area contributed by atoms with E-state index < -0.39 is 0 Å². The van der Waals surface area contributed by atoms with Crippen LogP contribution in [0.25, 0.3) is 0 Å². The molecule has 0 bridgehead atoms. The van der Waals surface area contributed by atoms with Gasteiger partial charge in [0, 0.05) is 12.7 Å². The highest BCUT2D eigenvalue weighted by Gasteiger charge is 2.05. The molecule has 0 aliphatic rings. The SMILES string of the molecule is Cc1cccc(N(C)c2cccc(NN)n2)c1. The van der Waals surface area contributed by atoms with Crippen molar-refractivity contribution in [3.05, 3.63) is 48.0 Å². The van der Waals surface area contributed by atoms with Crippen LogP contribution < -0.4 is 16.2 Å². The summed E-state index contributed by atoms with van der Waals surface area (Å²) in [5.74, 6) is 6.86. The molecule has 1 aromatic carbocycles. The summed E-state index contributed by atoms with van der Waals surface area (Å²) in [6, 6.07) is 14.0. The zero-order valence-electron chi connectivity index (χ0n) is 10.0. The van der Waals surface area contributed by atoms with Crippen molar-refractivity contribution >= 4 is 17.3 Å². The number of hydrazine groups is 1. The van der Waals surface area contributed by atoms with Gasteiger partial charge in [0.25, 0.3) is 0 Å². The molecule has 0 saturated carbocycles. The van der Waals surface area contributed by atoms with Gasteiger partial charge in [-0.05, 0) is 36.8 Å². The van der Waals surface area contributed by atoms with Crippen molar-refractivity contribution in [1.29, 1.82) is 0 Å². The van der Waals surface area contributed by atoms with Crippen LogP contribution >= 0.6 is 0 Å². The van der Waals surface area contributed by atoms with Gasteiger partial charge >= 0.3 is 0 Å². The zero-order valence-corrected chi connectivity index (χ0v) is 10.0. The molecular formula is C13H16N4. The number of nitrogen functional groups attached to an aromatic ring is 1. The van der Waals surface area contributed by atoms with Crippen LogP contribution in [0.4, 0.5) is 17.3 Å². The van der Waals surface area contributed by atoms with Gasteiger partial charge in [-0.2, -0.15) is 0 Å². The number of nitrogens with two attached hydrogens (primary N) is 1. The Morgan fingerprint density at radius 1 is 1.18 bits per heavy atom. The normalized spacial score (nSPS) is 10.1. The summed E-state index contributed by atoms with van der Waals surface area (Å²) in [6.45, 7) is 2.07. The Labute approximate surface area is 101 Å². The largest absolute Gasteiger partial charge is 0.329 e. The van der Waals surface area contributed by atoms with Crippen molar-refractivity contribution < 1.29 is 0 Å². The molecule has 2 rings (SSSR count). The lowest BCUT2D eigenvalue weighted by molar-refractivity contribution is 1.11. The van der Waals surface area contributed by atoms with Crippen LogP contribution in [0.1, 0.15) is 5.56 Å². The van der Waals surface area contributed by atoms with E-state index in [0.717, 1.165) is 11.5 Å². The van der Waals surface area contributed by atoms with E-state index in [4.69, 9.17) is 5.84 Å². The molecule has 4 heteroatoms. The Balaban J connectivity index is 2.33. The summed E-state index contributed by atoms with van der Waals surface area (Å²) in [5, 5.41) is 0. The van der Waals surface area contributed by atoms with Gasteiger partial charge in [0.05, 0.1) is 0 Å². The van der Waals surface area contributed by atoms with Gasteiger partial charge in [0.1, 0.15) is 11.6 Å². The maximum absolute atomic E-state index is 5.35. The first-order valence-corrected chi connectivity index (χ1v) is 5.45. The monoisotopic (exact) mass is 228 g/mol. The number of aromatic nitrogens is 1. The van der Waals surface area contributed by atoms with Crippen LogP contribution in [0.3, 0.4) is 0 Å². The molecule has 17 heavy (non-hydrogen) atoms. The van der Waals surface area contributed by atoms with E-state index in [1.807, 2.05) is 36.2 Å². The molecule has 4 nitrogen and oxygen atoms in total. The molecule has 0 aliphatic carbocycles. The maximum Gasteiger partial charge on any atom is 0.142 e. The summed E-state index contributed by atoms with van der Waals surface area (Å²) in [7, 11) is 1.98. The fourth-order valence-electron chi connectivity index (χ4n) is 1.66. The smallest absolute Gasteiger partial charge is 0.142 e. The molecule has 1 aromatic heterocycles. The Kier molecular flexibility index (Phi) is 3.25. The van der Waals surface area contributed by atoms with Gasteiger partial charge in [0.15, 0.2) is 0 Å². The third kappa shape index (κ3) is 2.54. The van der Waals surface area contributed by atoms with Crippen LogP contribution in [0, 0.1) is 6.92 Å². The number of rotatable bonds is 3. The van der Waals surface area contributed by atoms with Crippen LogP contribution in [-0.4, -0.2) is 12.0 Å². The number of anilines is 3. The van der Waals surface area contributed by atoms with Gasteiger partial charge in [-0.1, -0.05) is 18.2 Å².